The molecule has 0 amide bonds. The fraction of sp³-hybridized carbons (Fsp3) is 0.417. The van der Waals surface area contributed by atoms with Crippen LogP contribution in [0.5, 0.6) is 0 Å². The minimum Gasteiger partial charge on any atom is -0.335 e. The van der Waals surface area contributed by atoms with Gasteiger partial charge in [-0.3, -0.25) is 0 Å². The zero-order valence-corrected chi connectivity index (χ0v) is 9.90. The largest absolute Gasteiger partial charge is 0.335 e. The van der Waals surface area contributed by atoms with Crippen LogP contribution in [0.3, 0.4) is 0 Å². The second-order valence-electron chi connectivity index (χ2n) is 4.72. The fourth-order valence-electron chi connectivity index (χ4n) is 2.04. The third kappa shape index (κ3) is 1.70. The second-order valence-corrected chi connectivity index (χ2v) is 4.72. The van der Waals surface area contributed by atoms with Crippen LogP contribution < -0.4 is 5.90 Å². The lowest BCUT2D eigenvalue weighted by Crippen LogP contribution is -2.26. The van der Waals surface area contributed by atoms with Gasteiger partial charge in [-0.25, -0.2) is 10.9 Å². The van der Waals surface area contributed by atoms with E-state index in [-0.39, 0.29) is 5.41 Å². The molecule has 0 saturated heterocycles. The standard InChI is InChI=1S/C12H17N3O/c1-12(2,8-16-13)10-7-15(3)11-9(10)5-4-6-14-11/h4-7H,8,13H2,1-3H3. The van der Waals surface area contributed by atoms with Gasteiger partial charge < -0.3 is 9.40 Å². The SMILES string of the molecule is Cn1cc(C(C)(C)CON)c2cccnc21. The summed E-state index contributed by atoms with van der Waals surface area (Å²) in [7, 11) is 2.00. The Bertz CT molecular complexity index is 502. The number of aryl methyl sites for hydroxylation is 1. The number of hydrogen-bond acceptors (Lipinski definition) is 3. The van der Waals surface area contributed by atoms with E-state index < -0.39 is 0 Å². The molecule has 2 rings (SSSR count). The molecule has 2 N–H and O–H groups in total. The van der Waals surface area contributed by atoms with Gasteiger partial charge in [-0.15, -0.1) is 0 Å². The Balaban J connectivity index is 2.61. The van der Waals surface area contributed by atoms with Crippen LogP contribution in [0.4, 0.5) is 0 Å². The van der Waals surface area contributed by atoms with Crippen molar-refractivity contribution in [2.45, 2.75) is 19.3 Å². The molecule has 0 saturated carbocycles. The Hall–Kier alpha value is -1.39. The Morgan fingerprint density at radius 1 is 1.50 bits per heavy atom. The van der Waals surface area contributed by atoms with Crippen LogP contribution in [0.2, 0.25) is 0 Å². The highest BCUT2D eigenvalue weighted by Gasteiger charge is 2.25. The van der Waals surface area contributed by atoms with Crippen LogP contribution in [-0.2, 0) is 17.3 Å². The summed E-state index contributed by atoms with van der Waals surface area (Å²) in [5.74, 6) is 5.18. The minimum atomic E-state index is -0.114. The average molecular weight is 219 g/mol. The van der Waals surface area contributed by atoms with E-state index in [2.05, 4.69) is 31.1 Å². The van der Waals surface area contributed by atoms with Gasteiger partial charge in [0.2, 0.25) is 0 Å². The molecular weight excluding hydrogens is 202 g/mol. The van der Waals surface area contributed by atoms with Gasteiger partial charge in [-0.05, 0) is 17.7 Å². The van der Waals surface area contributed by atoms with Crippen LogP contribution in [0.15, 0.2) is 24.5 Å². The van der Waals surface area contributed by atoms with Gasteiger partial charge in [-0.1, -0.05) is 13.8 Å². The van der Waals surface area contributed by atoms with Crippen molar-refractivity contribution in [2.24, 2.45) is 12.9 Å². The number of nitrogens with zero attached hydrogens (tertiary/aromatic N) is 2. The van der Waals surface area contributed by atoms with Gasteiger partial charge in [0.15, 0.2) is 0 Å². The highest BCUT2D eigenvalue weighted by atomic mass is 16.6. The molecule has 86 valence electrons. The smallest absolute Gasteiger partial charge is 0.139 e. The van der Waals surface area contributed by atoms with Crippen LogP contribution in [0.25, 0.3) is 11.0 Å². The predicted molar refractivity (Wildman–Crippen MR) is 63.9 cm³/mol. The van der Waals surface area contributed by atoms with Crippen LogP contribution in [0.1, 0.15) is 19.4 Å². The highest BCUT2D eigenvalue weighted by molar-refractivity contribution is 5.81. The summed E-state index contributed by atoms with van der Waals surface area (Å²) in [6.45, 7) is 4.71. The fourth-order valence-corrected chi connectivity index (χ4v) is 2.04. The number of nitrogens with two attached hydrogens (primary N) is 1. The van der Waals surface area contributed by atoms with Crippen molar-refractivity contribution in [3.63, 3.8) is 0 Å². The molecule has 0 aliphatic rings. The maximum Gasteiger partial charge on any atom is 0.139 e. The molecule has 2 aromatic heterocycles. The molecule has 2 heterocycles. The molecule has 0 aromatic carbocycles. The van der Waals surface area contributed by atoms with Crippen molar-refractivity contribution in [1.29, 1.82) is 0 Å². The lowest BCUT2D eigenvalue weighted by molar-refractivity contribution is 0.0968. The number of aromatic nitrogens is 2. The van der Waals surface area contributed by atoms with Crippen molar-refractivity contribution >= 4 is 11.0 Å². The number of hydrogen-bond donors (Lipinski definition) is 1. The third-order valence-electron chi connectivity index (χ3n) is 2.91. The maximum atomic E-state index is 5.18. The summed E-state index contributed by atoms with van der Waals surface area (Å²) in [6.07, 6.45) is 3.90. The van der Waals surface area contributed by atoms with Crippen LogP contribution in [-0.4, -0.2) is 16.2 Å². The summed E-state index contributed by atoms with van der Waals surface area (Å²) in [4.78, 5) is 9.16. The van der Waals surface area contributed by atoms with E-state index in [1.807, 2.05) is 17.7 Å². The topological polar surface area (TPSA) is 53.1 Å². The van der Waals surface area contributed by atoms with Crippen LogP contribution in [0, 0.1) is 0 Å². The maximum absolute atomic E-state index is 5.18. The lowest BCUT2D eigenvalue weighted by atomic mass is 9.86. The highest BCUT2D eigenvalue weighted by Crippen LogP contribution is 2.30. The average Bonchev–Trinajstić information content (AvgIpc) is 2.58. The molecule has 0 aliphatic carbocycles. The molecule has 0 atom stereocenters. The molecule has 0 fully saturated rings. The summed E-state index contributed by atoms with van der Waals surface area (Å²) in [6, 6.07) is 4.03. The molecule has 0 aliphatic heterocycles. The van der Waals surface area contributed by atoms with Crippen molar-refractivity contribution in [1.82, 2.24) is 9.55 Å². The summed E-state index contributed by atoms with van der Waals surface area (Å²) < 4.78 is 2.03. The van der Waals surface area contributed by atoms with E-state index in [4.69, 9.17) is 10.7 Å². The number of pyridine rings is 1. The van der Waals surface area contributed by atoms with Gasteiger partial charge in [0.25, 0.3) is 0 Å². The van der Waals surface area contributed by atoms with Crippen molar-refractivity contribution in [3.05, 3.63) is 30.1 Å². The molecule has 0 bridgehead atoms. The first kappa shape index (κ1) is 11.1. The molecule has 4 nitrogen and oxygen atoms in total. The molecule has 0 spiro atoms. The van der Waals surface area contributed by atoms with Gasteiger partial charge >= 0.3 is 0 Å². The first-order valence-corrected chi connectivity index (χ1v) is 5.28. The predicted octanol–water partition coefficient (Wildman–Crippen LogP) is 1.74. The Morgan fingerprint density at radius 3 is 2.94 bits per heavy atom. The van der Waals surface area contributed by atoms with Gasteiger partial charge in [0, 0.05) is 30.2 Å². The van der Waals surface area contributed by atoms with Crippen molar-refractivity contribution < 1.29 is 4.84 Å². The molecule has 16 heavy (non-hydrogen) atoms. The monoisotopic (exact) mass is 219 g/mol. The third-order valence-corrected chi connectivity index (χ3v) is 2.91. The molecule has 0 radical (unpaired) electrons. The first-order chi connectivity index (χ1) is 7.56. The van der Waals surface area contributed by atoms with E-state index in [0.29, 0.717) is 6.61 Å². The molecule has 0 unspecified atom stereocenters. The Kier molecular flexibility index (Phi) is 2.69. The van der Waals surface area contributed by atoms with E-state index in [9.17, 15) is 0 Å². The molecular formula is C12H17N3O. The Morgan fingerprint density at radius 2 is 2.25 bits per heavy atom. The lowest BCUT2D eigenvalue weighted by Gasteiger charge is -2.22. The zero-order chi connectivity index (χ0) is 11.8. The van der Waals surface area contributed by atoms with Crippen molar-refractivity contribution in [3.8, 4) is 0 Å². The minimum absolute atomic E-state index is 0.114. The van der Waals surface area contributed by atoms with E-state index in [1.165, 1.54) is 5.56 Å². The number of fused-ring (bicyclic) bond motifs is 1. The van der Waals surface area contributed by atoms with Gasteiger partial charge in [0.05, 0.1) is 6.61 Å². The second kappa shape index (κ2) is 3.88. The van der Waals surface area contributed by atoms with Crippen LogP contribution >= 0.6 is 0 Å². The summed E-state index contributed by atoms with van der Waals surface area (Å²) in [5, 5.41) is 1.16. The normalized spacial score (nSPS) is 12.2. The summed E-state index contributed by atoms with van der Waals surface area (Å²) in [5.41, 5.74) is 2.09. The molecule has 4 heteroatoms. The first-order valence-electron chi connectivity index (χ1n) is 5.28. The Labute approximate surface area is 95.0 Å². The van der Waals surface area contributed by atoms with E-state index >= 15 is 0 Å². The van der Waals surface area contributed by atoms with E-state index in [1.54, 1.807) is 6.20 Å². The zero-order valence-electron chi connectivity index (χ0n) is 9.90. The number of rotatable bonds is 3. The van der Waals surface area contributed by atoms with Gasteiger partial charge in [0.1, 0.15) is 5.65 Å². The quantitative estimate of drug-likeness (QED) is 0.800. The van der Waals surface area contributed by atoms with Gasteiger partial charge in [-0.2, -0.15) is 0 Å². The van der Waals surface area contributed by atoms with Crippen molar-refractivity contribution in [2.75, 3.05) is 6.61 Å². The molecule has 2 aromatic rings. The summed E-state index contributed by atoms with van der Waals surface area (Å²) >= 11 is 0. The van der Waals surface area contributed by atoms with E-state index in [0.717, 1.165) is 11.0 Å².